The summed E-state index contributed by atoms with van der Waals surface area (Å²) in [5.41, 5.74) is 12.4. The molecule has 4 aromatic rings. The fourth-order valence-corrected chi connectivity index (χ4v) is 3.28. The molecule has 1 aromatic heterocycles. The molecule has 0 aliphatic heterocycles. The highest BCUT2D eigenvalue weighted by Crippen LogP contribution is 2.39. The Labute approximate surface area is 135 Å². The van der Waals surface area contributed by atoms with Gasteiger partial charge in [-0.3, -0.25) is 0 Å². The van der Waals surface area contributed by atoms with Gasteiger partial charge in [-0.2, -0.15) is 0 Å². The molecular formula is C21H19NO. The highest BCUT2D eigenvalue weighted by Gasteiger charge is 2.15. The van der Waals surface area contributed by atoms with Gasteiger partial charge in [0.1, 0.15) is 11.2 Å². The standard InChI is InChI=1S/C21H19NO/c1-13(2)14-8-5-9-16(20(14)22)18-11-6-10-17-15-7-3-4-12-19(15)23-21(17)18/h3-13H,22H2,1-2H3. The van der Waals surface area contributed by atoms with Crippen LogP contribution in [-0.2, 0) is 0 Å². The van der Waals surface area contributed by atoms with E-state index in [2.05, 4.69) is 56.3 Å². The molecule has 0 aliphatic carbocycles. The first kappa shape index (κ1) is 13.9. The summed E-state index contributed by atoms with van der Waals surface area (Å²) in [7, 11) is 0. The van der Waals surface area contributed by atoms with Gasteiger partial charge in [-0.05, 0) is 17.5 Å². The molecule has 4 rings (SSSR count). The molecule has 0 saturated heterocycles. The number of rotatable bonds is 2. The predicted molar refractivity (Wildman–Crippen MR) is 97.7 cm³/mol. The Hall–Kier alpha value is -2.74. The molecule has 23 heavy (non-hydrogen) atoms. The third-order valence-corrected chi connectivity index (χ3v) is 4.46. The lowest BCUT2D eigenvalue weighted by atomic mass is 9.94. The zero-order valence-corrected chi connectivity index (χ0v) is 13.3. The predicted octanol–water partition coefficient (Wildman–Crippen LogP) is 5.96. The molecule has 2 N–H and O–H groups in total. The van der Waals surface area contributed by atoms with Gasteiger partial charge in [0, 0.05) is 27.6 Å². The van der Waals surface area contributed by atoms with Crippen LogP contribution in [0.15, 0.2) is 65.1 Å². The smallest absolute Gasteiger partial charge is 0.143 e. The van der Waals surface area contributed by atoms with Gasteiger partial charge < -0.3 is 10.2 Å². The van der Waals surface area contributed by atoms with Crippen molar-refractivity contribution in [1.82, 2.24) is 0 Å². The Kier molecular flexibility index (Phi) is 3.12. The number of hydrogen-bond acceptors (Lipinski definition) is 2. The van der Waals surface area contributed by atoms with Crippen LogP contribution < -0.4 is 5.73 Å². The number of furan rings is 1. The molecule has 0 spiro atoms. The SMILES string of the molecule is CC(C)c1cccc(-c2cccc3c2oc2ccccc23)c1N. The first-order valence-corrected chi connectivity index (χ1v) is 7.96. The average Bonchev–Trinajstić information content (AvgIpc) is 2.93. The third kappa shape index (κ3) is 2.10. The van der Waals surface area contributed by atoms with E-state index in [1.807, 2.05) is 18.2 Å². The van der Waals surface area contributed by atoms with Crippen LogP contribution in [0.25, 0.3) is 33.1 Å². The van der Waals surface area contributed by atoms with Crippen molar-refractivity contribution < 1.29 is 4.42 Å². The summed E-state index contributed by atoms with van der Waals surface area (Å²) in [6.07, 6.45) is 0. The summed E-state index contributed by atoms with van der Waals surface area (Å²) in [6.45, 7) is 4.33. The van der Waals surface area contributed by atoms with Crippen molar-refractivity contribution in [2.45, 2.75) is 19.8 Å². The lowest BCUT2D eigenvalue weighted by Crippen LogP contribution is -1.98. The summed E-state index contributed by atoms with van der Waals surface area (Å²) in [6, 6.07) is 20.6. The molecule has 0 atom stereocenters. The van der Waals surface area contributed by atoms with Gasteiger partial charge in [-0.25, -0.2) is 0 Å². The highest BCUT2D eigenvalue weighted by atomic mass is 16.3. The molecule has 0 radical (unpaired) electrons. The molecule has 0 amide bonds. The Morgan fingerprint density at radius 1 is 0.783 bits per heavy atom. The number of nitrogens with two attached hydrogens (primary N) is 1. The average molecular weight is 301 g/mol. The minimum absolute atomic E-state index is 0.393. The number of para-hydroxylation sites is 3. The molecule has 114 valence electrons. The van der Waals surface area contributed by atoms with Crippen LogP contribution >= 0.6 is 0 Å². The van der Waals surface area contributed by atoms with Crippen LogP contribution in [0.4, 0.5) is 5.69 Å². The molecular weight excluding hydrogens is 282 g/mol. The van der Waals surface area contributed by atoms with E-state index in [4.69, 9.17) is 10.2 Å². The van der Waals surface area contributed by atoms with Crippen molar-refractivity contribution in [3.05, 3.63) is 66.2 Å². The van der Waals surface area contributed by atoms with E-state index in [9.17, 15) is 0 Å². The maximum Gasteiger partial charge on any atom is 0.143 e. The van der Waals surface area contributed by atoms with Gasteiger partial charge in [-0.1, -0.05) is 68.4 Å². The van der Waals surface area contributed by atoms with Crippen LogP contribution in [0.2, 0.25) is 0 Å². The molecule has 1 heterocycles. The summed E-state index contributed by atoms with van der Waals surface area (Å²) >= 11 is 0. The van der Waals surface area contributed by atoms with Gasteiger partial charge >= 0.3 is 0 Å². The summed E-state index contributed by atoms with van der Waals surface area (Å²) in [4.78, 5) is 0. The van der Waals surface area contributed by atoms with E-state index in [0.29, 0.717) is 5.92 Å². The Bertz CT molecular complexity index is 1010. The van der Waals surface area contributed by atoms with Gasteiger partial charge in [-0.15, -0.1) is 0 Å². The van der Waals surface area contributed by atoms with Crippen molar-refractivity contribution >= 4 is 27.6 Å². The number of benzene rings is 3. The summed E-state index contributed by atoms with van der Waals surface area (Å²) in [5, 5.41) is 2.27. The molecule has 0 aliphatic rings. The molecule has 0 bridgehead atoms. The van der Waals surface area contributed by atoms with E-state index in [1.165, 1.54) is 5.56 Å². The van der Waals surface area contributed by atoms with Crippen molar-refractivity contribution in [2.75, 3.05) is 5.73 Å². The molecule has 0 saturated carbocycles. The second-order valence-corrected chi connectivity index (χ2v) is 6.24. The van der Waals surface area contributed by atoms with E-state index >= 15 is 0 Å². The van der Waals surface area contributed by atoms with E-state index in [1.54, 1.807) is 0 Å². The van der Waals surface area contributed by atoms with Gasteiger partial charge in [0.15, 0.2) is 0 Å². The Morgan fingerprint density at radius 3 is 2.30 bits per heavy atom. The van der Waals surface area contributed by atoms with E-state index in [0.717, 1.165) is 38.8 Å². The van der Waals surface area contributed by atoms with Crippen LogP contribution in [0.1, 0.15) is 25.3 Å². The van der Waals surface area contributed by atoms with Crippen molar-refractivity contribution in [3.63, 3.8) is 0 Å². The van der Waals surface area contributed by atoms with Gasteiger partial charge in [0.25, 0.3) is 0 Å². The molecule has 0 unspecified atom stereocenters. The topological polar surface area (TPSA) is 39.2 Å². The number of hydrogen-bond donors (Lipinski definition) is 1. The molecule has 2 heteroatoms. The second kappa shape index (κ2) is 5.17. The number of anilines is 1. The second-order valence-electron chi connectivity index (χ2n) is 6.24. The van der Waals surface area contributed by atoms with Crippen molar-refractivity contribution in [1.29, 1.82) is 0 Å². The monoisotopic (exact) mass is 301 g/mol. The summed E-state index contributed by atoms with van der Waals surface area (Å²) < 4.78 is 6.14. The Morgan fingerprint density at radius 2 is 1.48 bits per heavy atom. The molecule has 2 nitrogen and oxygen atoms in total. The third-order valence-electron chi connectivity index (χ3n) is 4.46. The minimum atomic E-state index is 0.393. The van der Waals surface area contributed by atoms with E-state index < -0.39 is 0 Å². The number of nitrogen functional groups attached to an aromatic ring is 1. The number of fused-ring (bicyclic) bond motifs is 3. The van der Waals surface area contributed by atoms with Crippen LogP contribution in [-0.4, -0.2) is 0 Å². The first-order valence-electron chi connectivity index (χ1n) is 7.96. The van der Waals surface area contributed by atoms with Crippen LogP contribution in [0.3, 0.4) is 0 Å². The largest absolute Gasteiger partial charge is 0.455 e. The normalized spacial score (nSPS) is 11.6. The fourth-order valence-electron chi connectivity index (χ4n) is 3.28. The minimum Gasteiger partial charge on any atom is -0.455 e. The first-order chi connectivity index (χ1) is 11.2. The van der Waals surface area contributed by atoms with Crippen molar-refractivity contribution in [2.24, 2.45) is 0 Å². The highest BCUT2D eigenvalue weighted by molar-refractivity contribution is 6.10. The maximum absolute atomic E-state index is 6.46. The quantitative estimate of drug-likeness (QED) is 0.464. The molecule has 0 fully saturated rings. The zero-order chi connectivity index (χ0) is 16.0. The van der Waals surface area contributed by atoms with Crippen LogP contribution in [0, 0.1) is 0 Å². The Balaban J connectivity index is 2.05. The van der Waals surface area contributed by atoms with Gasteiger partial charge in [0.2, 0.25) is 0 Å². The van der Waals surface area contributed by atoms with Crippen LogP contribution in [0.5, 0.6) is 0 Å². The zero-order valence-electron chi connectivity index (χ0n) is 13.3. The lowest BCUT2D eigenvalue weighted by molar-refractivity contribution is 0.670. The summed E-state index contributed by atoms with van der Waals surface area (Å²) in [5.74, 6) is 0.393. The lowest BCUT2D eigenvalue weighted by Gasteiger charge is -2.14. The van der Waals surface area contributed by atoms with E-state index in [-0.39, 0.29) is 0 Å². The van der Waals surface area contributed by atoms with Gasteiger partial charge in [0.05, 0.1) is 0 Å². The maximum atomic E-state index is 6.46. The molecule has 3 aromatic carbocycles. The van der Waals surface area contributed by atoms with Crippen molar-refractivity contribution in [3.8, 4) is 11.1 Å². The fraction of sp³-hybridized carbons (Fsp3) is 0.143.